The Balaban J connectivity index is 1.95. The molecule has 0 aliphatic rings. The average molecular weight is 407 g/mol. The van der Waals surface area contributed by atoms with E-state index in [0.29, 0.717) is 29.1 Å². The first-order valence-electron chi connectivity index (χ1n) is 9.58. The van der Waals surface area contributed by atoms with Gasteiger partial charge in [0.05, 0.1) is 5.52 Å². The highest BCUT2D eigenvalue weighted by Crippen LogP contribution is 2.27. The molecule has 0 fully saturated rings. The number of ketones is 1. The lowest BCUT2D eigenvalue weighted by atomic mass is 10.0. The first-order valence-corrected chi connectivity index (χ1v) is 9.58. The average Bonchev–Trinajstić information content (AvgIpc) is 3.03. The van der Waals surface area contributed by atoms with Gasteiger partial charge in [-0.05, 0) is 38.5 Å². The minimum absolute atomic E-state index is 0.0762. The van der Waals surface area contributed by atoms with Gasteiger partial charge < -0.3 is 10.1 Å². The van der Waals surface area contributed by atoms with E-state index in [-0.39, 0.29) is 12.3 Å². The van der Waals surface area contributed by atoms with Gasteiger partial charge in [0.15, 0.2) is 5.78 Å². The molecule has 0 saturated carbocycles. The third-order valence-electron chi connectivity index (χ3n) is 4.17. The molecule has 0 saturated heterocycles. The summed E-state index contributed by atoms with van der Waals surface area (Å²) in [5.41, 5.74) is 2.04. The molecule has 3 aromatic rings. The molecule has 30 heavy (non-hydrogen) atoms. The second-order valence-corrected chi connectivity index (χ2v) is 7.85. The quantitative estimate of drug-likeness (QED) is 0.363. The molecule has 2 heterocycles. The van der Waals surface area contributed by atoms with Crippen LogP contribution in [0.25, 0.3) is 22.0 Å². The van der Waals surface area contributed by atoms with E-state index in [0.717, 1.165) is 11.1 Å². The van der Waals surface area contributed by atoms with Gasteiger partial charge in [-0.25, -0.2) is 9.97 Å². The van der Waals surface area contributed by atoms with Crippen LogP contribution in [0.4, 0.5) is 5.95 Å². The number of esters is 1. The van der Waals surface area contributed by atoms with E-state index in [2.05, 4.69) is 27.0 Å². The van der Waals surface area contributed by atoms with Gasteiger partial charge in [0, 0.05) is 36.8 Å². The fraction of sp³-hybridized carbons (Fsp3) is 0.318. The number of anilines is 1. The van der Waals surface area contributed by atoms with Crippen LogP contribution in [-0.4, -0.2) is 43.6 Å². The number of carbonyl (C=O) groups is 2. The van der Waals surface area contributed by atoms with Crippen molar-refractivity contribution in [3.8, 4) is 11.1 Å². The second-order valence-electron chi connectivity index (χ2n) is 7.85. The lowest BCUT2D eigenvalue weighted by Crippen LogP contribution is -2.26. The number of Topliss-reactive ketones (excluding diaryl/α,β-unsaturated/α-hetero) is 1. The monoisotopic (exact) mass is 407 g/mol. The highest BCUT2D eigenvalue weighted by molar-refractivity contribution is 6.06. The largest absolute Gasteiger partial charge is 0.459 e. The van der Waals surface area contributed by atoms with Crippen LogP contribution in [0.15, 0.2) is 43.2 Å². The summed E-state index contributed by atoms with van der Waals surface area (Å²) in [6.07, 6.45) is 5.14. The number of rotatable bonds is 7. The number of benzene rings is 1. The molecule has 156 valence electrons. The molecule has 1 N–H and O–H groups in total. The Kier molecular flexibility index (Phi) is 5.96. The number of hydrogen-bond donors (Lipinski definition) is 1. The Labute approximate surface area is 175 Å². The molecule has 0 radical (unpaired) electrons. The van der Waals surface area contributed by atoms with Crippen molar-refractivity contribution in [2.75, 3.05) is 11.9 Å². The Morgan fingerprint density at radius 1 is 1.20 bits per heavy atom. The molecule has 0 atom stereocenters. The molecule has 0 aliphatic carbocycles. The first-order chi connectivity index (χ1) is 14.2. The van der Waals surface area contributed by atoms with Gasteiger partial charge in [0.25, 0.3) is 0 Å². The maximum Gasteiger partial charge on any atom is 0.328 e. The van der Waals surface area contributed by atoms with Gasteiger partial charge in [0.1, 0.15) is 17.8 Å². The minimum Gasteiger partial charge on any atom is -0.459 e. The molecule has 8 heteroatoms. The molecule has 0 spiro atoms. The van der Waals surface area contributed by atoms with Gasteiger partial charge in [-0.15, -0.1) is 6.58 Å². The lowest BCUT2D eigenvalue weighted by molar-refractivity contribution is -0.155. The van der Waals surface area contributed by atoms with E-state index < -0.39 is 11.6 Å². The topological polar surface area (TPSA) is 99.0 Å². The van der Waals surface area contributed by atoms with Gasteiger partial charge >= 0.3 is 5.97 Å². The van der Waals surface area contributed by atoms with E-state index in [1.165, 1.54) is 11.6 Å². The predicted molar refractivity (Wildman–Crippen MR) is 115 cm³/mol. The summed E-state index contributed by atoms with van der Waals surface area (Å²) in [7, 11) is 0. The first kappa shape index (κ1) is 21.2. The van der Waals surface area contributed by atoms with Crippen molar-refractivity contribution in [3.63, 3.8) is 0 Å². The van der Waals surface area contributed by atoms with Crippen molar-refractivity contribution in [3.05, 3.63) is 48.9 Å². The van der Waals surface area contributed by atoms with Crippen LogP contribution in [0, 0.1) is 0 Å². The predicted octanol–water partition coefficient (Wildman–Crippen LogP) is 3.64. The summed E-state index contributed by atoms with van der Waals surface area (Å²) < 4.78 is 6.88. The number of carbonyl (C=O) groups excluding carboxylic acids is 2. The second kappa shape index (κ2) is 8.44. The fourth-order valence-electron chi connectivity index (χ4n) is 2.97. The Bertz CT molecular complexity index is 1090. The van der Waals surface area contributed by atoms with Crippen LogP contribution >= 0.6 is 0 Å². The summed E-state index contributed by atoms with van der Waals surface area (Å²) >= 11 is 0. The highest BCUT2D eigenvalue weighted by atomic mass is 16.6. The van der Waals surface area contributed by atoms with Crippen LogP contribution < -0.4 is 5.32 Å². The Morgan fingerprint density at radius 3 is 2.50 bits per heavy atom. The zero-order valence-electron chi connectivity index (χ0n) is 17.6. The third kappa shape index (κ3) is 4.89. The van der Waals surface area contributed by atoms with E-state index in [1.54, 1.807) is 39.2 Å². The van der Waals surface area contributed by atoms with Crippen LogP contribution in [0.5, 0.6) is 0 Å². The molecule has 0 amide bonds. The van der Waals surface area contributed by atoms with E-state index >= 15 is 0 Å². The summed E-state index contributed by atoms with van der Waals surface area (Å²) in [5, 5.41) is 8.04. The molecule has 0 unspecified atom stereocenters. The normalized spacial score (nSPS) is 11.3. The SMILES string of the molecule is C=CCNc1ncc(-c2ccc3c(c2)c(C(C)=O)nn3CC(=O)OC(C)(C)C)cn1. The number of nitrogens with one attached hydrogen (secondary N) is 1. The van der Waals surface area contributed by atoms with Gasteiger partial charge in [-0.1, -0.05) is 12.1 Å². The number of fused-ring (bicyclic) bond motifs is 1. The zero-order chi connectivity index (χ0) is 21.9. The standard InChI is InChI=1S/C22H25N5O3/c1-6-9-23-21-24-11-16(12-25-21)15-7-8-18-17(10-15)20(14(2)28)26-27(18)13-19(29)30-22(3,4)5/h6-8,10-12H,1,9,13H2,2-5H3,(H,23,24,25). The van der Waals surface area contributed by atoms with Crippen molar-refractivity contribution in [2.24, 2.45) is 0 Å². The highest BCUT2D eigenvalue weighted by Gasteiger charge is 2.20. The number of aromatic nitrogens is 4. The van der Waals surface area contributed by atoms with Gasteiger partial charge in [-0.3, -0.25) is 14.3 Å². The van der Waals surface area contributed by atoms with E-state index in [1.807, 2.05) is 18.2 Å². The molecular weight excluding hydrogens is 382 g/mol. The molecule has 1 aromatic carbocycles. The maximum absolute atomic E-state index is 12.2. The van der Waals surface area contributed by atoms with Crippen molar-refractivity contribution >= 4 is 28.6 Å². The number of nitrogens with zero attached hydrogens (tertiary/aromatic N) is 4. The van der Waals surface area contributed by atoms with Crippen LogP contribution in [-0.2, 0) is 16.1 Å². The summed E-state index contributed by atoms with van der Waals surface area (Å²) in [6.45, 7) is 11.0. The summed E-state index contributed by atoms with van der Waals surface area (Å²) in [6, 6.07) is 5.58. The van der Waals surface area contributed by atoms with Crippen LogP contribution in [0.2, 0.25) is 0 Å². The minimum atomic E-state index is -0.594. The molecule has 2 aromatic heterocycles. The molecular formula is C22H25N5O3. The number of hydrogen-bond acceptors (Lipinski definition) is 7. The Morgan fingerprint density at radius 2 is 1.90 bits per heavy atom. The lowest BCUT2D eigenvalue weighted by Gasteiger charge is -2.19. The summed E-state index contributed by atoms with van der Waals surface area (Å²) in [5.74, 6) is -0.0864. The molecule has 0 bridgehead atoms. The third-order valence-corrected chi connectivity index (χ3v) is 4.17. The molecule has 8 nitrogen and oxygen atoms in total. The zero-order valence-corrected chi connectivity index (χ0v) is 17.6. The maximum atomic E-state index is 12.2. The van der Waals surface area contributed by atoms with Crippen molar-refractivity contribution in [1.29, 1.82) is 0 Å². The van der Waals surface area contributed by atoms with Crippen LogP contribution in [0.3, 0.4) is 0 Å². The molecule has 0 aliphatic heterocycles. The van der Waals surface area contributed by atoms with E-state index in [9.17, 15) is 9.59 Å². The van der Waals surface area contributed by atoms with Gasteiger partial charge in [-0.2, -0.15) is 5.10 Å². The summed E-state index contributed by atoms with van der Waals surface area (Å²) in [4.78, 5) is 33.0. The van der Waals surface area contributed by atoms with Crippen LogP contribution in [0.1, 0.15) is 38.2 Å². The Hall–Kier alpha value is -3.55. The van der Waals surface area contributed by atoms with E-state index in [4.69, 9.17) is 4.74 Å². The van der Waals surface area contributed by atoms with Crippen molar-refractivity contribution in [1.82, 2.24) is 19.7 Å². The fourth-order valence-corrected chi connectivity index (χ4v) is 2.97. The van der Waals surface area contributed by atoms with Crippen molar-refractivity contribution in [2.45, 2.75) is 39.8 Å². The van der Waals surface area contributed by atoms with Crippen molar-refractivity contribution < 1.29 is 14.3 Å². The smallest absolute Gasteiger partial charge is 0.328 e. The molecule has 3 rings (SSSR count). The van der Waals surface area contributed by atoms with Gasteiger partial charge in [0.2, 0.25) is 5.95 Å². The number of ether oxygens (including phenoxy) is 1.